The number of para-hydroxylation sites is 2. The van der Waals surface area contributed by atoms with Gasteiger partial charge in [0.1, 0.15) is 12.3 Å². The lowest BCUT2D eigenvalue weighted by Gasteiger charge is -2.10. The molecule has 2 aromatic carbocycles. The van der Waals surface area contributed by atoms with Gasteiger partial charge in [-0.1, -0.05) is 23.7 Å². The number of hydrogen-bond acceptors (Lipinski definition) is 3. The Kier molecular flexibility index (Phi) is 5.46. The number of anilines is 1. The fourth-order valence-corrected chi connectivity index (χ4v) is 3.07. The van der Waals surface area contributed by atoms with E-state index in [0.717, 1.165) is 5.52 Å². The first-order valence-corrected chi connectivity index (χ1v) is 8.50. The van der Waals surface area contributed by atoms with Gasteiger partial charge in [0.25, 0.3) is 0 Å². The van der Waals surface area contributed by atoms with E-state index in [1.54, 1.807) is 16.7 Å². The predicted octanol–water partition coefficient (Wildman–Crippen LogP) is 3.72. The van der Waals surface area contributed by atoms with Gasteiger partial charge in [-0.2, -0.15) is 8.78 Å². The molecule has 0 radical (unpaired) electrons. The van der Waals surface area contributed by atoms with Gasteiger partial charge in [0, 0.05) is 12.2 Å². The van der Waals surface area contributed by atoms with Crippen molar-refractivity contribution in [2.45, 2.75) is 26.6 Å². The van der Waals surface area contributed by atoms with Crippen molar-refractivity contribution in [3.8, 4) is 5.75 Å². The average Bonchev–Trinajstić information content (AvgIpc) is 2.88. The summed E-state index contributed by atoms with van der Waals surface area (Å²) in [5.74, 6) is -0.637. The highest BCUT2D eigenvalue weighted by molar-refractivity contribution is 6.32. The monoisotopic (exact) mass is 395 g/mol. The van der Waals surface area contributed by atoms with Gasteiger partial charge in [0.15, 0.2) is 0 Å². The standard InChI is InChI=1S/C18H16ClF2N3O3/c1-2-23-13-5-3-4-6-14(13)24(18(23)26)10-16(25)22-11-7-8-15(12(19)9-11)27-17(20)21/h3-9,17H,2,10H2,1H3,(H,22,25). The summed E-state index contributed by atoms with van der Waals surface area (Å²) in [6.45, 7) is -0.858. The van der Waals surface area contributed by atoms with Crippen LogP contribution in [0, 0.1) is 0 Å². The number of rotatable bonds is 6. The van der Waals surface area contributed by atoms with Crippen molar-refractivity contribution in [3.63, 3.8) is 0 Å². The second-order valence-corrected chi connectivity index (χ2v) is 6.08. The quantitative estimate of drug-likeness (QED) is 0.692. The van der Waals surface area contributed by atoms with Crippen molar-refractivity contribution in [1.82, 2.24) is 9.13 Å². The first-order chi connectivity index (χ1) is 12.9. The minimum atomic E-state index is -2.99. The van der Waals surface area contributed by atoms with Crippen LogP contribution in [0.25, 0.3) is 11.0 Å². The number of nitrogens with zero attached hydrogens (tertiary/aromatic N) is 2. The maximum absolute atomic E-state index is 12.5. The Morgan fingerprint density at radius 3 is 2.44 bits per heavy atom. The molecule has 0 atom stereocenters. The Morgan fingerprint density at radius 1 is 1.19 bits per heavy atom. The molecule has 0 fully saturated rings. The van der Waals surface area contributed by atoms with Crippen molar-refractivity contribution in [2.75, 3.05) is 5.32 Å². The van der Waals surface area contributed by atoms with Gasteiger partial charge < -0.3 is 10.1 Å². The van der Waals surface area contributed by atoms with Crippen molar-refractivity contribution in [2.24, 2.45) is 0 Å². The normalized spacial score (nSPS) is 11.1. The van der Waals surface area contributed by atoms with E-state index in [2.05, 4.69) is 10.1 Å². The van der Waals surface area contributed by atoms with Crippen molar-refractivity contribution in [3.05, 3.63) is 58.0 Å². The Balaban J connectivity index is 1.81. The zero-order chi connectivity index (χ0) is 19.6. The van der Waals surface area contributed by atoms with Crippen molar-refractivity contribution < 1.29 is 18.3 Å². The molecule has 0 aliphatic heterocycles. The summed E-state index contributed by atoms with van der Waals surface area (Å²) in [5.41, 5.74) is 1.42. The molecule has 6 nitrogen and oxygen atoms in total. The van der Waals surface area contributed by atoms with Crippen LogP contribution in [-0.4, -0.2) is 21.7 Å². The SMILES string of the molecule is CCn1c(=O)n(CC(=O)Nc2ccc(OC(F)F)c(Cl)c2)c2ccccc21. The average molecular weight is 396 g/mol. The Labute approximate surface area is 157 Å². The highest BCUT2D eigenvalue weighted by atomic mass is 35.5. The predicted molar refractivity (Wildman–Crippen MR) is 98.6 cm³/mol. The smallest absolute Gasteiger partial charge is 0.387 e. The molecule has 0 bridgehead atoms. The van der Waals surface area contributed by atoms with Crippen LogP contribution in [0.15, 0.2) is 47.3 Å². The molecule has 0 saturated carbocycles. The minimum absolute atomic E-state index is 0.0622. The van der Waals surface area contributed by atoms with E-state index in [1.807, 2.05) is 19.1 Å². The first-order valence-electron chi connectivity index (χ1n) is 8.13. The van der Waals surface area contributed by atoms with Gasteiger partial charge in [0.2, 0.25) is 5.91 Å². The number of aromatic nitrogens is 2. The molecule has 3 rings (SSSR count). The molecule has 1 aromatic heterocycles. The molecule has 1 heterocycles. The fourth-order valence-electron chi connectivity index (χ4n) is 2.85. The molecule has 0 saturated heterocycles. The summed E-state index contributed by atoms with van der Waals surface area (Å²) in [6, 6.07) is 11.1. The molecule has 0 aliphatic carbocycles. The van der Waals surface area contributed by atoms with Gasteiger partial charge in [-0.05, 0) is 37.3 Å². The zero-order valence-electron chi connectivity index (χ0n) is 14.3. The number of benzene rings is 2. The van der Waals surface area contributed by atoms with Crippen LogP contribution in [0.3, 0.4) is 0 Å². The Hall–Kier alpha value is -2.87. The number of imidazole rings is 1. The van der Waals surface area contributed by atoms with E-state index < -0.39 is 12.5 Å². The number of alkyl halides is 2. The third kappa shape index (κ3) is 3.95. The van der Waals surface area contributed by atoms with Gasteiger partial charge in [0.05, 0.1) is 16.1 Å². The van der Waals surface area contributed by atoms with Crippen molar-refractivity contribution in [1.29, 1.82) is 0 Å². The highest BCUT2D eigenvalue weighted by Crippen LogP contribution is 2.29. The molecule has 0 aliphatic rings. The molecule has 1 amide bonds. The summed E-state index contributed by atoms with van der Waals surface area (Å²) < 4.78 is 31.7. The van der Waals surface area contributed by atoms with Crippen molar-refractivity contribution >= 4 is 34.2 Å². The third-order valence-corrected chi connectivity index (χ3v) is 4.27. The van der Waals surface area contributed by atoms with Crippen LogP contribution in [0.4, 0.5) is 14.5 Å². The summed E-state index contributed by atoms with van der Waals surface area (Å²) in [4.78, 5) is 24.9. The molecule has 9 heteroatoms. The maximum atomic E-state index is 12.5. The lowest BCUT2D eigenvalue weighted by atomic mass is 10.3. The number of carbonyl (C=O) groups excluding carboxylic acids is 1. The topological polar surface area (TPSA) is 65.3 Å². The number of hydrogen-bond donors (Lipinski definition) is 1. The van der Waals surface area contributed by atoms with Gasteiger partial charge in [-0.15, -0.1) is 0 Å². The number of ether oxygens (including phenoxy) is 1. The maximum Gasteiger partial charge on any atom is 0.387 e. The van der Waals surface area contributed by atoms with Gasteiger partial charge in [-0.3, -0.25) is 13.9 Å². The van der Waals surface area contributed by atoms with Gasteiger partial charge in [-0.25, -0.2) is 4.79 Å². The van der Waals surface area contributed by atoms with E-state index in [-0.39, 0.29) is 23.0 Å². The molecule has 142 valence electrons. The summed E-state index contributed by atoms with van der Waals surface area (Å²) >= 11 is 5.87. The highest BCUT2D eigenvalue weighted by Gasteiger charge is 2.15. The molecule has 3 aromatic rings. The molecule has 1 N–H and O–H groups in total. The second-order valence-electron chi connectivity index (χ2n) is 5.67. The summed E-state index contributed by atoms with van der Waals surface area (Å²) in [5, 5.41) is 2.53. The number of aryl methyl sites for hydroxylation is 1. The van der Waals surface area contributed by atoms with Crippen LogP contribution in [0.5, 0.6) is 5.75 Å². The van der Waals surface area contributed by atoms with Gasteiger partial charge >= 0.3 is 12.3 Å². The van der Waals surface area contributed by atoms with E-state index in [9.17, 15) is 18.4 Å². The Bertz CT molecular complexity index is 1050. The van der Waals surface area contributed by atoms with E-state index in [1.165, 1.54) is 22.8 Å². The van der Waals surface area contributed by atoms with E-state index in [0.29, 0.717) is 17.7 Å². The molecular formula is C18H16ClF2N3O3. The number of halogens is 3. The minimum Gasteiger partial charge on any atom is -0.433 e. The Morgan fingerprint density at radius 2 is 1.85 bits per heavy atom. The lowest BCUT2D eigenvalue weighted by molar-refractivity contribution is -0.116. The summed E-state index contributed by atoms with van der Waals surface area (Å²) in [7, 11) is 0. The summed E-state index contributed by atoms with van der Waals surface area (Å²) in [6.07, 6.45) is 0. The fraction of sp³-hybridized carbons (Fsp3) is 0.222. The van der Waals surface area contributed by atoms with Crippen LogP contribution < -0.4 is 15.7 Å². The first kappa shape index (κ1) is 18.9. The van der Waals surface area contributed by atoms with E-state index >= 15 is 0 Å². The number of carbonyl (C=O) groups is 1. The van der Waals surface area contributed by atoms with Crippen LogP contribution in [0.2, 0.25) is 5.02 Å². The van der Waals surface area contributed by atoms with E-state index in [4.69, 9.17) is 11.6 Å². The molecule has 0 spiro atoms. The number of amides is 1. The zero-order valence-corrected chi connectivity index (χ0v) is 15.0. The van der Waals surface area contributed by atoms with Crippen LogP contribution in [0.1, 0.15) is 6.92 Å². The van der Waals surface area contributed by atoms with Crippen LogP contribution in [-0.2, 0) is 17.9 Å². The molecule has 0 unspecified atom stereocenters. The number of fused-ring (bicyclic) bond motifs is 1. The third-order valence-electron chi connectivity index (χ3n) is 3.97. The molecular weight excluding hydrogens is 380 g/mol. The molecule has 27 heavy (non-hydrogen) atoms. The largest absolute Gasteiger partial charge is 0.433 e. The second kappa shape index (κ2) is 7.79. The number of nitrogens with one attached hydrogen (secondary N) is 1. The lowest BCUT2D eigenvalue weighted by Crippen LogP contribution is -2.29. The van der Waals surface area contributed by atoms with Crippen LogP contribution >= 0.6 is 11.6 Å².